The van der Waals surface area contributed by atoms with Crippen molar-refractivity contribution in [2.75, 3.05) is 11.9 Å². The molecule has 0 saturated carbocycles. The van der Waals surface area contributed by atoms with Crippen molar-refractivity contribution in [3.8, 4) is 28.3 Å². The summed E-state index contributed by atoms with van der Waals surface area (Å²) in [6, 6.07) is 9.05. The minimum Gasteiger partial charge on any atom is -0.492 e. The van der Waals surface area contributed by atoms with E-state index >= 15 is 4.39 Å². The van der Waals surface area contributed by atoms with Gasteiger partial charge in [0.25, 0.3) is 0 Å². The first-order chi connectivity index (χ1) is 18.3. The number of hydrogen-bond acceptors (Lipinski definition) is 7. The van der Waals surface area contributed by atoms with E-state index in [1.807, 2.05) is 18.2 Å². The molecule has 38 heavy (non-hydrogen) atoms. The molecule has 0 amide bonds. The number of fused-ring (bicyclic) bond motifs is 2. The highest BCUT2D eigenvalue weighted by atomic mass is 19.1. The number of nitrogens with zero attached hydrogens (tertiary/aromatic N) is 5. The lowest BCUT2D eigenvalue weighted by Gasteiger charge is -2.19. The maximum Gasteiger partial charge on any atom is 0.304 e. The predicted octanol–water partition coefficient (Wildman–Crippen LogP) is 4.75. The van der Waals surface area contributed by atoms with Gasteiger partial charge in [0.1, 0.15) is 17.4 Å². The quantitative estimate of drug-likeness (QED) is 0.379. The van der Waals surface area contributed by atoms with Crippen LogP contribution in [-0.4, -0.2) is 42.9 Å². The van der Waals surface area contributed by atoms with Crippen molar-refractivity contribution < 1.29 is 19.0 Å². The summed E-state index contributed by atoms with van der Waals surface area (Å²) in [5.41, 5.74) is 7.59. The van der Waals surface area contributed by atoms with E-state index in [2.05, 4.69) is 39.6 Å². The molecule has 6 rings (SSSR count). The van der Waals surface area contributed by atoms with Crippen LogP contribution in [0.25, 0.3) is 22.5 Å². The predicted molar refractivity (Wildman–Crippen MR) is 139 cm³/mol. The second-order valence-electron chi connectivity index (χ2n) is 10.0. The van der Waals surface area contributed by atoms with Gasteiger partial charge in [0.2, 0.25) is 5.82 Å². The fourth-order valence-electron chi connectivity index (χ4n) is 5.81. The SMILES string of the molecule is Cc1cc(-c2nnn(C)n2)cc(C)c1-c1ccc(F)c2c1CCC2Nc1cc2c(cn1)[C@H](CC(=O)O)CO2. The van der Waals surface area contributed by atoms with E-state index in [0.29, 0.717) is 29.6 Å². The summed E-state index contributed by atoms with van der Waals surface area (Å²) >= 11 is 0. The first-order valence-corrected chi connectivity index (χ1v) is 12.6. The average molecular weight is 515 g/mol. The van der Waals surface area contributed by atoms with Crippen molar-refractivity contribution >= 4 is 11.8 Å². The Morgan fingerprint density at radius 3 is 2.74 bits per heavy atom. The van der Waals surface area contributed by atoms with Crippen LogP contribution in [0, 0.1) is 19.7 Å². The molecular formula is C28H27FN6O3. The molecule has 3 heterocycles. The molecule has 0 spiro atoms. The Hall–Kier alpha value is -4.34. The summed E-state index contributed by atoms with van der Waals surface area (Å²) in [4.78, 5) is 17.1. The molecule has 194 valence electrons. The molecule has 9 nitrogen and oxygen atoms in total. The summed E-state index contributed by atoms with van der Waals surface area (Å²) in [5.74, 6) is 0.458. The molecule has 1 unspecified atom stereocenters. The number of carboxylic acid groups (broad SMARTS) is 1. The number of benzene rings is 2. The van der Waals surface area contributed by atoms with Gasteiger partial charge in [-0.25, -0.2) is 9.37 Å². The number of pyridine rings is 1. The van der Waals surface area contributed by atoms with Gasteiger partial charge in [-0.1, -0.05) is 6.07 Å². The van der Waals surface area contributed by atoms with Crippen LogP contribution in [0.2, 0.25) is 0 Å². The molecule has 0 bridgehead atoms. The first kappa shape index (κ1) is 24.0. The fraction of sp³-hybridized carbons (Fsp3) is 0.321. The van der Waals surface area contributed by atoms with Gasteiger partial charge >= 0.3 is 5.97 Å². The smallest absolute Gasteiger partial charge is 0.304 e. The average Bonchev–Trinajstić information content (AvgIpc) is 3.59. The fourth-order valence-corrected chi connectivity index (χ4v) is 5.81. The van der Waals surface area contributed by atoms with Crippen LogP contribution in [0.4, 0.5) is 10.2 Å². The van der Waals surface area contributed by atoms with E-state index in [1.165, 1.54) is 4.80 Å². The standard InChI is InChI=1S/C28H27FN6O3/c1-14-8-16(28-32-34-35(3)33-28)9-15(2)26(14)18-4-6-21(29)27-19(18)5-7-22(27)31-24-11-23-20(12-30-24)17(13-38-23)10-25(36)37/h4,6,8-9,11-12,17,22H,5,7,10,13H2,1-3H3,(H,30,31)(H,36,37)/t17-,22?/m1/s1. The monoisotopic (exact) mass is 514 g/mol. The van der Waals surface area contributed by atoms with Gasteiger partial charge < -0.3 is 15.2 Å². The Bertz CT molecular complexity index is 1560. The molecule has 2 aromatic carbocycles. The number of rotatable bonds is 6. The molecule has 0 saturated heterocycles. The van der Waals surface area contributed by atoms with Crippen LogP contribution in [0.1, 0.15) is 52.6 Å². The number of carbonyl (C=O) groups is 1. The molecule has 4 aromatic rings. The van der Waals surface area contributed by atoms with Crippen LogP contribution in [0.15, 0.2) is 36.5 Å². The van der Waals surface area contributed by atoms with E-state index in [1.54, 1.807) is 25.4 Å². The van der Waals surface area contributed by atoms with E-state index in [-0.39, 0.29) is 24.2 Å². The lowest BCUT2D eigenvalue weighted by atomic mass is 9.89. The lowest BCUT2D eigenvalue weighted by molar-refractivity contribution is -0.137. The van der Waals surface area contributed by atoms with Crippen LogP contribution < -0.4 is 10.1 Å². The number of halogens is 1. The lowest BCUT2D eigenvalue weighted by Crippen LogP contribution is -2.10. The third-order valence-electron chi connectivity index (χ3n) is 7.42. The number of aliphatic carboxylic acids is 1. The number of hydrogen-bond donors (Lipinski definition) is 2. The van der Waals surface area contributed by atoms with Crippen LogP contribution in [-0.2, 0) is 18.3 Å². The number of tetrazole rings is 1. The summed E-state index contributed by atoms with van der Waals surface area (Å²) in [7, 11) is 1.73. The van der Waals surface area contributed by atoms with Crippen molar-refractivity contribution in [2.24, 2.45) is 7.05 Å². The molecule has 1 aliphatic heterocycles. The maximum atomic E-state index is 15.3. The maximum absolute atomic E-state index is 15.3. The number of nitrogens with one attached hydrogen (secondary N) is 1. The zero-order valence-electron chi connectivity index (χ0n) is 21.3. The molecule has 2 atom stereocenters. The van der Waals surface area contributed by atoms with Gasteiger partial charge in [0, 0.05) is 34.9 Å². The molecular weight excluding hydrogens is 487 g/mol. The Balaban J connectivity index is 1.31. The molecule has 0 fully saturated rings. The van der Waals surface area contributed by atoms with E-state index < -0.39 is 5.97 Å². The number of anilines is 1. The molecule has 0 radical (unpaired) electrons. The molecule has 10 heteroatoms. The van der Waals surface area contributed by atoms with Crippen molar-refractivity contribution in [1.29, 1.82) is 0 Å². The second-order valence-corrected chi connectivity index (χ2v) is 10.0. The highest BCUT2D eigenvalue weighted by Gasteiger charge is 2.31. The van der Waals surface area contributed by atoms with Gasteiger partial charge in [-0.15, -0.1) is 10.2 Å². The third kappa shape index (κ3) is 4.15. The largest absolute Gasteiger partial charge is 0.492 e. The van der Waals surface area contributed by atoms with Gasteiger partial charge in [-0.2, -0.15) is 4.80 Å². The molecule has 2 N–H and O–H groups in total. The minimum absolute atomic E-state index is 0.000514. The molecule has 1 aliphatic carbocycles. The zero-order valence-corrected chi connectivity index (χ0v) is 21.3. The second kappa shape index (κ2) is 9.20. The summed E-state index contributed by atoms with van der Waals surface area (Å²) in [6.45, 7) is 4.42. The van der Waals surface area contributed by atoms with Crippen molar-refractivity contribution in [2.45, 2.75) is 45.1 Å². The summed E-state index contributed by atoms with van der Waals surface area (Å²) < 4.78 is 21.0. The van der Waals surface area contributed by atoms with Crippen molar-refractivity contribution in [1.82, 2.24) is 25.2 Å². The summed E-state index contributed by atoms with van der Waals surface area (Å²) in [6.07, 6.45) is 3.13. The third-order valence-corrected chi connectivity index (χ3v) is 7.42. The van der Waals surface area contributed by atoms with Crippen molar-refractivity contribution in [3.63, 3.8) is 0 Å². The summed E-state index contributed by atoms with van der Waals surface area (Å²) in [5, 5.41) is 24.9. The van der Waals surface area contributed by atoms with Crippen LogP contribution >= 0.6 is 0 Å². The van der Waals surface area contributed by atoms with Gasteiger partial charge in [-0.05, 0) is 77.9 Å². The first-order valence-electron chi connectivity index (χ1n) is 12.6. The highest BCUT2D eigenvalue weighted by molar-refractivity contribution is 5.79. The minimum atomic E-state index is -0.868. The Morgan fingerprint density at radius 1 is 1.24 bits per heavy atom. The highest BCUT2D eigenvalue weighted by Crippen LogP contribution is 2.44. The topological polar surface area (TPSA) is 115 Å². The number of aromatic nitrogens is 5. The van der Waals surface area contributed by atoms with Gasteiger partial charge in [-0.3, -0.25) is 4.79 Å². The van der Waals surface area contributed by atoms with Crippen molar-refractivity contribution in [3.05, 3.63) is 70.2 Å². The Kier molecular flexibility index (Phi) is 5.81. The van der Waals surface area contributed by atoms with Gasteiger partial charge in [0.05, 0.1) is 26.1 Å². The Labute approximate surface area is 218 Å². The number of aryl methyl sites for hydroxylation is 3. The number of carboxylic acids is 1. The van der Waals surface area contributed by atoms with Crippen LogP contribution in [0.3, 0.4) is 0 Å². The van der Waals surface area contributed by atoms with E-state index in [4.69, 9.17) is 9.84 Å². The van der Waals surface area contributed by atoms with Gasteiger partial charge in [0.15, 0.2) is 0 Å². The Morgan fingerprint density at radius 2 is 2.03 bits per heavy atom. The number of ether oxygens (including phenoxy) is 1. The van der Waals surface area contributed by atoms with Crippen LogP contribution in [0.5, 0.6) is 5.75 Å². The molecule has 2 aromatic heterocycles. The van der Waals surface area contributed by atoms with E-state index in [0.717, 1.165) is 51.8 Å². The normalized spacial score (nSPS) is 17.7. The zero-order chi connectivity index (χ0) is 26.6. The van der Waals surface area contributed by atoms with E-state index in [9.17, 15) is 4.79 Å². The molecule has 2 aliphatic rings.